The Balaban J connectivity index is 0.00000272. The van der Waals surface area contributed by atoms with Gasteiger partial charge in [-0.2, -0.15) is 11.8 Å². The van der Waals surface area contributed by atoms with Gasteiger partial charge in [0.1, 0.15) is 5.82 Å². The zero-order chi connectivity index (χ0) is 20.8. The first-order valence-electron chi connectivity index (χ1n) is 10.3. The van der Waals surface area contributed by atoms with E-state index in [9.17, 15) is 4.39 Å². The van der Waals surface area contributed by atoms with Crippen molar-refractivity contribution < 1.29 is 4.39 Å². The number of halogens is 2. The second kappa shape index (κ2) is 11.6. The summed E-state index contributed by atoms with van der Waals surface area (Å²) in [5, 5.41) is 7.79. The van der Waals surface area contributed by atoms with Crippen molar-refractivity contribution in [1.29, 1.82) is 0 Å². The van der Waals surface area contributed by atoms with E-state index in [2.05, 4.69) is 49.8 Å². The van der Waals surface area contributed by atoms with Crippen molar-refractivity contribution in [2.24, 2.45) is 4.99 Å². The molecule has 8 heteroatoms. The maximum Gasteiger partial charge on any atom is 0.191 e. The molecule has 2 aromatic carbocycles. The largest absolute Gasteiger partial charge is 0.370 e. The molecule has 0 amide bonds. The number of nitrogens with one attached hydrogen (secondary N) is 3. The number of thioether (sulfide) groups is 1. The Kier molecular flexibility index (Phi) is 8.89. The molecule has 5 nitrogen and oxygen atoms in total. The minimum Gasteiger partial charge on any atom is -0.370 e. The van der Waals surface area contributed by atoms with Crippen molar-refractivity contribution in [1.82, 2.24) is 15.6 Å². The molecule has 1 aliphatic rings. The molecular weight excluding hydrogens is 524 g/mol. The monoisotopic (exact) mass is 553 g/mol. The molecule has 2 heterocycles. The van der Waals surface area contributed by atoms with Crippen LogP contribution in [0.15, 0.2) is 53.7 Å². The number of anilines is 1. The Morgan fingerprint density at radius 3 is 2.65 bits per heavy atom. The number of H-pyrrole nitrogens is 1. The molecule has 1 saturated heterocycles. The summed E-state index contributed by atoms with van der Waals surface area (Å²) in [4.78, 5) is 9.90. The van der Waals surface area contributed by atoms with Gasteiger partial charge in [-0.25, -0.2) is 4.39 Å². The number of hydrogen-bond donors (Lipinski definition) is 3. The molecule has 0 radical (unpaired) electrons. The van der Waals surface area contributed by atoms with Gasteiger partial charge in [-0.3, -0.25) is 4.99 Å². The first-order chi connectivity index (χ1) is 14.7. The quantitative estimate of drug-likeness (QED) is 0.241. The van der Waals surface area contributed by atoms with Gasteiger partial charge in [-0.15, -0.1) is 24.0 Å². The van der Waals surface area contributed by atoms with Crippen LogP contribution in [0, 0.1) is 5.82 Å². The van der Waals surface area contributed by atoms with Crippen molar-refractivity contribution in [2.75, 3.05) is 43.1 Å². The molecule has 0 saturated carbocycles. The van der Waals surface area contributed by atoms with Crippen LogP contribution in [0.4, 0.5) is 10.1 Å². The molecule has 1 aliphatic heterocycles. The topological polar surface area (TPSA) is 55.5 Å². The highest BCUT2D eigenvalue weighted by atomic mass is 127. The number of guanidine groups is 1. The maximum absolute atomic E-state index is 13.3. The lowest BCUT2D eigenvalue weighted by atomic mass is 10.1. The smallest absolute Gasteiger partial charge is 0.191 e. The zero-order valence-electron chi connectivity index (χ0n) is 17.7. The fourth-order valence-electron chi connectivity index (χ4n) is 3.73. The molecule has 0 aliphatic carbocycles. The summed E-state index contributed by atoms with van der Waals surface area (Å²) < 4.78 is 13.3. The summed E-state index contributed by atoms with van der Waals surface area (Å²) in [5.41, 5.74) is 4.53. The first kappa shape index (κ1) is 23.7. The van der Waals surface area contributed by atoms with Crippen LogP contribution in [0.5, 0.6) is 0 Å². The SMILES string of the molecule is CN=C(NCCc1c[nH]c2cc(F)ccc12)NCc1ccc(N2CCSCC2)cc1.I. The van der Waals surface area contributed by atoms with Gasteiger partial charge in [-0.1, -0.05) is 12.1 Å². The van der Waals surface area contributed by atoms with E-state index in [-0.39, 0.29) is 29.8 Å². The summed E-state index contributed by atoms with van der Waals surface area (Å²) in [6.07, 6.45) is 2.78. The average molecular weight is 553 g/mol. The lowest BCUT2D eigenvalue weighted by molar-refractivity contribution is 0.629. The number of benzene rings is 2. The highest BCUT2D eigenvalue weighted by Crippen LogP contribution is 2.20. The van der Waals surface area contributed by atoms with E-state index in [0.717, 1.165) is 49.5 Å². The third kappa shape index (κ3) is 6.29. The fraction of sp³-hybridized carbons (Fsp3) is 0.348. The molecule has 1 aromatic heterocycles. The summed E-state index contributed by atoms with van der Waals surface area (Å²) >= 11 is 2.03. The van der Waals surface area contributed by atoms with Crippen LogP contribution in [0.25, 0.3) is 10.9 Å². The number of aromatic nitrogens is 1. The predicted octanol–water partition coefficient (Wildman–Crippen LogP) is 4.39. The first-order valence-corrected chi connectivity index (χ1v) is 11.5. The second-order valence-electron chi connectivity index (χ2n) is 7.37. The number of rotatable bonds is 6. The Labute approximate surface area is 204 Å². The van der Waals surface area contributed by atoms with Gasteiger partial charge < -0.3 is 20.5 Å². The lowest BCUT2D eigenvalue weighted by Gasteiger charge is -2.28. The van der Waals surface area contributed by atoms with Crippen LogP contribution in [0.1, 0.15) is 11.1 Å². The van der Waals surface area contributed by atoms with E-state index < -0.39 is 0 Å². The van der Waals surface area contributed by atoms with E-state index in [1.165, 1.54) is 40.5 Å². The Morgan fingerprint density at radius 2 is 1.90 bits per heavy atom. The summed E-state index contributed by atoms with van der Waals surface area (Å²) in [6.45, 7) is 3.73. The number of aliphatic imine (C=N–C) groups is 1. The maximum atomic E-state index is 13.3. The van der Waals surface area contributed by atoms with Gasteiger partial charge in [0.05, 0.1) is 0 Å². The van der Waals surface area contributed by atoms with Crippen molar-refractivity contribution in [3.63, 3.8) is 0 Å². The van der Waals surface area contributed by atoms with Gasteiger partial charge >= 0.3 is 0 Å². The highest BCUT2D eigenvalue weighted by molar-refractivity contribution is 14.0. The van der Waals surface area contributed by atoms with Crippen molar-refractivity contribution in [3.05, 3.63) is 65.6 Å². The fourth-order valence-corrected chi connectivity index (χ4v) is 4.64. The van der Waals surface area contributed by atoms with Gasteiger partial charge in [-0.05, 0) is 47.9 Å². The van der Waals surface area contributed by atoms with Crippen LogP contribution < -0.4 is 15.5 Å². The molecule has 1 fully saturated rings. The molecule has 0 bridgehead atoms. The molecule has 31 heavy (non-hydrogen) atoms. The molecule has 0 atom stereocenters. The van der Waals surface area contributed by atoms with Crippen molar-refractivity contribution >= 4 is 58.3 Å². The Bertz CT molecular complexity index is 999. The van der Waals surface area contributed by atoms with Crippen LogP contribution in [0.3, 0.4) is 0 Å². The van der Waals surface area contributed by atoms with E-state index >= 15 is 0 Å². The number of nitrogens with zero attached hydrogens (tertiary/aromatic N) is 2. The minimum absolute atomic E-state index is 0. The van der Waals surface area contributed by atoms with E-state index in [4.69, 9.17) is 0 Å². The van der Waals surface area contributed by atoms with E-state index in [1.807, 2.05) is 24.0 Å². The normalized spacial score (nSPS) is 14.4. The molecular formula is C23H29FIN5S. The average Bonchev–Trinajstić information content (AvgIpc) is 3.19. The molecule has 166 valence electrons. The summed E-state index contributed by atoms with van der Waals surface area (Å²) in [7, 11) is 1.78. The third-order valence-corrected chi connectivity index (χ3v) is 6.35. The number of aromatic amines is 1. The van der Waals surface area contributed by atoms with Crippen LogP contribution in [-0.4, -0.2) is 49.1 Å². The Hall–Kier alpha value is -1.94. The molecule has 0 unspecified atom stereocenters. The molecule has 3 N–H and O–H groups in total. The van der Waals surface area contributed by atoms with Crippen LogP contribution in [-0.2, 0) is 13.0 Å². The summed E-state index contributed by atoms with van der Waals surface area (Å²) in [5.74, 6) is 2.97. The van der Waals surface area contributed by atoms with Crippen molar-refractivity contribution in [3.8, 4) is 0 Å². The van der Waals surface area contributed by atoms with Crippen molar-refractivity contribution in [2.45, 2.75) is 13.0 Å². The predicted molar refractivity (Wildman–Crippen MR) is 142 cm³/mol. The van der Waals surface area contributed by atoms with E-state index in [0.29, 0.717) is 0 Å². The van der Waals surface area contributed by atoms with Crippen LogP contribution >= 0.6 is 35.7 Å². The summed E-state index contributed by atoms with van der Waals surface area (Å²) in [6, 6.07) is 13.7. The van der Waals surface area contributed by atoms with Gasteiger partial charge in [0.25, 0.3) is 0 Å². The molecule has 3 aromatic rings. The number of fused-ring (bicyclic) bond motifs is 1. The molecule has 0 spiro atoms. The Morgan fingerprint density at radius 1 is 1.13 bits per heavy atom. The van der Waals surface area contributed by atoms with Gasteiger partial charge in [0.15, 0.2) is 5.96 Å². The zero-order valence-corrected chi connectivity index (χ0v) is 20.8. The standard InChI is InChI=1S/C23H28FN5S.HI/c1-25-23(26-9-8-18-16-27-22-14-19(24)4-7-21(18)22)28-15-17-2-5-20(6-3-17)29-10-12-30-13-11-29;/h2-7,14,16,27H,8-13,15H2,1H3,(H2,25,26,28);1H. The second-order valence-corrected chi connectivity index (χ2v) is 8.60. The van der Waals surface area contributed by atoms with Gasteiger partial charge in [0, 0.05) is 67.5 Å². The lowest BCUT2D eigenvalue weighted by Crippen LogP contribution is -2.37. The van der Waals surface area contributed by atoms with Crippen LogP contribution in [0.2, 0.25) is 0 Å². The van der Waals surface area contributed by atoms with E-state index in [1.54, 1.807) is 7.05 Å². The highest BCUT2D eigenvalue weighted by Gasteiger charge is 2.11. The third-order valence-electron chi connectivity index (χ3n) is 5.41. The number of hydrogen-bond acceptors (Lipinski definition) is 3. The minimum atomic E-state index is -0.221. The molecule has 4 rings (SSSR count). The van der Waals surface area contributed by atoms with Gasteiger partial charge in [0.2, 0.25) is 0 Å².